The first-order valence-corrected chi connectivity index (χ1v) is 8.86. The van der Waals surface area contributed by atoms with Crippen LogP contribution in [0.2, 0.25) is 0 Å². The monoisotopic (exact) mass is 353 g/mol. The van der Waals surface area contributed by atoms with Crippen LogP contribution >= 0.6 is 22.7 Å². The maximum atomic E-state index is 12.0. The van der Waals surface area contributed by atoms with E-state index in [0.29, 0.717) is 22.2 Å². The summed E-state index contributed by atoms with van der Waals surface area (Å²) in [6, 6.07) is 12.8. The maximum Gasteiger partial charge on any atom is 0.265 e. The molecule has 0 aliphatic heterocycles. The Kier molecular flexibility index (Phi) is 3.94. The molecule has 3 heterocycles. The summed E-state index contributed by atoms with van der Waals surface area (Å²) in [5, 5.41) is 7.57. The van der Waals surface area contributed by atoms with Crippen LogP contribution < -0.4 is 10.1 Å². The SMILES string of the molecule is O=C(Nc1ccc(Oc2ncnc3sccc23)cc1)c1cccs1. The molecule has 1 amide bonds. The number of rotatable bonds is 4. The second-order valence-corrected chi connectivity index (χ2v) is 6.72. The zero-order chi connectivity index (χ0) is 16.4. The lowest BCUT2D eigenvalue weighted by molar-refractivity contribution is 0.103. The molecule has 0 saturated carbocycles. The van der Waals surface area contributed by atoms with Gasteiger partial charge < -0.3 is 10.1 Å². The molecular weight excluding hydrogens is 342 g/mol. The first-order valence-electron chi connectivity index (χ1n) is 7.10. The Balaban J connectivity index is 1.50. The quantitative estimate of drug-likeness (QED) is 0.572. The van der Waals surface area contributed by atoms with Gasteiger partial charge in [0.2, 0.25) is 5.88 Å². The Labute approximate surface area is 145 Å². The molecule has 3 aromatic heterocycles. The number of carbonyl (C=O) groups is 1. The number of ether oxygens (including phenoxy) is 1. The van der Waals surface area contributed by atoms with Gasteiger partial charge >= 0.3 is 0 Å². The van der Waals surface area contributed by atoms with Crippen LogP contribution in [0.25, 0.3) is 10.2 Å². The predicted molar refractivity (Wildman–Crippen MR) is 96.2 cm³/mol. The van der Waals surface area contributed by atoms with Gasteiger partial charge in [0.15, 0.2) is 0 Å². The highest BCUT2D eigenvalue weighted by atomic mass is 32.1. The van der Waals surface area contributed by atoms with Crippen molar-refractivity contribution in [2.24, 2.45) is 0 Å². The molecular formula is C17H11N3O2S2. The Morgan fingerprint density at radius 1 is 1.00 bits per heavy atom. The molecule has 4 aromatic rings. The van der Waals surface area contributed by atoms with Gasteiger partial charge in [0.05, 0.1) is 10.3 Å². The lowest BCUT2D eigenvalue weighted by Crippen LogP contribution is -2.09. The van der Waals surface area contributed by atoms with Gasteiger partial charge in [-0.05, 0) is 47.2 Å². The van der Waals surface area contributed by atoms with E-state index in [1.165, 1.54) is 17.7 Å². The number of amides is 1. The Morgan fingerprint density at radius 2 is 1.88 bits per heavy atom. The van der Waals surface area contributed by atoms with Crippen LogP contribution in [0.15, 0.2) is 59.6 Å². The molecule has 0 spiro atoms. The number of fused-ring (bicyclic) bond motifs is 1. The number of aromatic nitrogens is 2. The van der Waals surface area contributed by atoms with Crippen LogP contribution in [0.1, 0.15) is 9.67 Å². The summed E-state index contributed by atoms with van der Waals surface area (Å²) in [5.41, 5.74) is 0.712. The molecule has 0 radical (unpaired) electrons. The van der Waals surface area contributed by atoms with Crippen molar-refractivity contribution in [1.29, 1.82) is 0 Å². The summed E-state index contributed by atoms with van der Waals surface area (Å²) in [5.74, 6) is 1.06. The minimum absolute atomic E-state index is 0.116. The van der Waals surface area contributed by atoms with Gasteiger partial charge in [-0.1, -0.05) is 6.07 Å². The van der Waals surface area contributed by atoms with Gasteiger partial charge in [-0.2, -0.15) is 0 Å². The minimum Gasteiger partial charge on any atom is -0.438 e. The summed E-state index contributed by atoms with van der Waals surface area (Å²) >= 11 is 2.95. The zero-order valence-corrected chi connectivity index (χ0v) is 13.9. The molecule has 0 unspecified atom stereocenters. The highest BCUT2D eigenvalue weighted by Crippen LogP contribution is 2.29. The van der Waals surface area contributed by atoms with Crippen LogP contribution in [-0.4, -0.2) is 15.9 Å². The molecule has 0 fully saturated rings. The van der Waals surface area contributed by atoms with Crippen molar-refractivity contribution < 1.29 is 9.53 Å². The lowest BCUT2D eigenvalue weighted by Gasteiger charge is -2.07. The maximum absolute atomic E-state index is 12.0. The Hall–Kier alpha value is -2.77. The average Bonchev–Trinajstić information content (AvgIpc) is 3.28. The molecule has 0 bridgehead atoms. The average molecular weight is 353 g/mol. The van der Waals surface area contributed by atoms with Crippen molar-refractivity contribution in [1.82, 2.24) is 9.97 Å². The van der Waals surface area contributed by atoms with E-state index in [2.05, 4.69) is 15.3 Å². The first-order chi connectivity index (χ1) is 11.8. The number of anilines is 1. The molecule has 1 N–H and O–H groups in total. The third-order valence-electron chi connectivity index (χ3n) is 3.30. The van der Waals surface area contributed by atoms with E-state index in [9.17, 15) is 4.79 Å². The Morgan fingerprint density at radius 3 is 2.67 bits per heavy atom. The lowest BCUT2D eigenvalue weighted by atomic mass is 10.3. The van der Waals surface area contributed by atoms with Gasteiger partial charge in [0.1, 0.15) is 16.9 Å². The van der Waals surface area contributed by atoms with Gasteiger partial charge in [-0.3, -0.25) is 4.79 Å². The summed E-state index contributed by atoms with van der Waals surface area (Å²) in [6.07, 6.45) is 1.49. The summed E-state index contributed by atoms with van der Waals surface area (Å²) in [7, 11) is 0. The fourth-order valence-electron chi connectivity index (χ4n) is 2.17. The third-order valence-corrected chi connectivity index (χ3v) is 4.99. The third kappa shape index (κ3) is 2.99. The smallest absolute Gasteiger partial charge is 0.265 e. The van der Waals surface area contributed by atoms with Gasteiger partial charge in [-0.25, -0.2) is 9.97 Å². The number of hydrogen-bond donors (Lipinski definition) is 1. The number of nitrogens with one attached hydrogen (secondary N) is 1. The second-order valence-electron chi connectivity index (χ2n) is 4.88. The molecule has 5 nitrogen and oxygen atoms in total. The molecule has 24 heavy (non-hydrogen) atoms. The van der Waals surface area contributed by atoms with Crippen molar-refractivity contribution in [3.8, 4) is 11.6 Å². The summed E-state index contributed by atoms with van der Waals surface area (Å²) in [4.78, 5) is 22.0. The highest BCUT2D eigenvalue weighted by Gasteiger charge is 2.09. The summed E-state index contributed by atoms with van der Waals surface area (Å²) in [6.45, 7) is 0. The van der Waals surface area contributed by atoms with E-state index < -0.39 is 0 Å². The van der Waals surface area contributed by atoms with E-state index in [1.54, 1.807) is 41.7 Å². The van der Waals surface area contributed by atoms with Crippen LogP contribution in [0.3, 0.4) is 0 Å². The van der Waals surface area contributed by atoms with E-state index in [0.717, 1.165) is 10.2 Å². The zero-order valence-electron chi connectivity index (χ0n) is 12.3. The molecule has 0 atom stereocenters. The normalized spacial score (nSPS) is 10.7. The van der Waals surface area contributed by atoms with E-state index >= 15 is 0 Å². The molecule has 1 aromatic carbocycles. The van der Waals surface area contributed by atoms with Crippen LogP contribution in [-0.2, 0) is 0 Å². The van der Waals surface area contributed by atoms with Crippen molar-refractivity contribution in [3.05, 3.63) is 64.4 Å². The van der Waals surface area contributed by atoms with Crippen LogP contribution in [0, 0.1) is 0 Å². The molecule has 4 rings (SSSR count). The highest BCUT2D eigenvalue weighted by molar-refractivity contribution is 7.16. The van der Waals surface area contributed by atoms with Crippen molar-refractivity contribution >= 4 is 44.5 Å². The molecule has 0 aliphatic carbocycles. The van der Waals surface area contributed by atoms with Crippen LogP contribution in [0.4, 0.5) is 5.69 Å². The van der Waals surface area contributed by atoms with Crippen LogP contribution in [0.5, 0.6) is 11.6 Å². The van der Waals surface area contributed by atoms with Crippen molar-refractivity contribution in [3.63, 3.8) is 0 Å². The molecule has 7 heteroatoms. The standard InChI is InChI=1S/C17H11N3O2S2/c21-15(14-2-1-8-23-14)20-11-3-5-12(6-4-11)22-16-13-7-9-24-17(13)19-10-18-16/h1-10H,(H,20,21). The fraction of sp³-hybridized carbons (Fsp3) is 0. The second kappa shape index (κ2) is 6.38. The number of nitrogens with zero attached hydrogens (tertiary/aromatic N) is 2. The van der Waals surface area contributed by atoms with E-state index in [4.69, 9.17) is 4.74 Å². The fourth-order valence-corrected chi connectivity index (χ4v) is 3.51. The Bertz CT molecular complexity index is 979. The number of thiophene rings is 2. The van der Waals surface area contributed by atoms with Crippen molar-refractivity contribution in [2.45, 2.75) is 0 Å². The number of carbonyl (C=O) groups excluding carboxylic acids is 1. The minimum atomic E-state index is -0.116. The number of benzene rings is 1. The van der Waals surface area contributed by atoms with Gasteiger partial charge in [-0.15, -0.1) is 22.7 Å². The molecule has 0 aliphatic rings. The van der Waals surface area contributed by atoms with E-state index in [1.807, 2.05) is 22.9 Å². The molecule has 0 saturated heterocycles. The molecule has 118 valence electrons. The predicted octanol–water partition coefficient (Wildman–Crippen LogP) is 4.80. The first kappa shape index (κ1) is 14.8. The van der Waals surface area contributed by atoms with Gasteiger partial charge in [0.25, 0.3) is 5.91 Å². The van der Waals surface area contributed by atoms with Gasteiger partial charge in [0, 0.05) is 5.69 Å². The topological polar surface area (TPSA) is 64.1 Å². The van der Waals surface area contributed by atoms with Crippen molar-refractivity contribution in [2.75, 3.05) is 5.32 Å². The van der Waals surface area contributed by atoms with E-state index in [-0.39, 0.29) is 5.91 Å². The number of hydrogen-bond acceptors (Lipinski definition) is 6. The summed E-state index contributed by atoms with van der Waals surface area (Å²) < 4.78 is 5.83. The largest absolute Gasteiger partial charge is 0.438 e.